The van der Waals surface area contributed by atoms with Gasteiger partial charge >= 0.3 is 6.09 Å². The smallest absolute Gasteiger partial charge is 0.410 e. The number of benzene rings is 2. The van der Waals surface area contributed by atoms with Crippen LogP contribution in [0.25, 0.3) is 0 Å². The molecule has 0 radical (unpaired) electrons. The quantitative estimate of drug-likeness (QED) is 0.257. The summed E-state index contributed by atoms with van der Waals surface area (Å²) in [5.74, 6) is 0.499. The Balaban J connectivity index is 1.32. The van der Waals surface area contributed by atoms with Crippen molar-refractivity contribution in [3.63, 3.8) is 0 Å². The van der Waals surface area contributed by atoms with Crippen LogP contribution in [0.5, 0.6) is 0 Å². The Morgan fingerprint density at radius 1 is 1.00 bits per heavy atom. The fraction of sp³-hybridized carbons (Fsp3) is 0.556. The van der Waals surface area contributed by atoms with Gasteiger partial charge < -0.3 is 19.4 Å². The Bertz CT molecular complexity index is 1140. The van der Waals surface area contributed by atoms with Crippen molar-refractivity contribution in [2.75, 3.05) is 39.8 Å². The van der Waals surface area contributed by atoms with Crippen LogP contribution in [-0.4, -0.2) is 72.5 Å². The van der Waals surface area contributed by atoms with E-state index in [0.717, 1.165) is 63.8 Å². The van der Waals surface area contributed by atoms with Gasteiger partial charge in [0.15, 0.2) is 0 Å². The lowest BCUT2D eigenvalue weighted by atomic mass is 9.78. The van der Waals surface area contributed by atoms with E-state index in [4.69, 9.17) is 4.74 Å². The largest absolute Gasteiger partial charge is 0.445 e. The Morgan fingerprint density at radius 3 is 2.31 bits per heavy atom. The van der Waals surface area contributed by atoms with E-state index in [1.54, 1.807) is 6.08 Å². The summed E-state index contributed by atoms with van der Waals surface area (Å²) >= 11 is 0. The van der Waals surface area contributed by atoms with Gasteiger partial charge in [-0.1, -0.05) is 92.4 Å². The van der Waals surface area contributed by atoms with Crippen molar-refractivity contribution in [1.29, 1.82) is 0 Å². The molecule has 2 aromatic rings. The van der Waals surface area contributed by atoms with Crippen molar-refractivity contribution in [3.8, 4) is 0 Å². The minimum Gasteiger partial charge on any atom is -0.445 e. The summed E-state index contributed by atoms with van der Waals surface area (Å²) in [6.45, 7) is 12.6. The molecule has 4 rings (SSSR count). The first-order valence-corrected chi connectivity index (χ1v) is 15.9. The zero-order chi connectivity index (χ0) is 30.0. The van der Waals surface area contributed by atoms with E-state index >= 15 is 0 Å². The molecule has 2 aliphatic rings. The SMILES string of the molecule is C=CCN(C(=O)OCc1ccc(C)cc1)C1CCN(CCC(C)(CN(C)C(=O)C2CCCCC2)c2ccccc2)CC1. The number of hydrogen-bond donors (Lipinski definition) is 0. The summed E-state index contributed by atoms with van der Waals surface area (Å²) in [6, 6.07) is 18.9. The van der Waals surface area contributed by atoms with Crippen LogP contribution in [0, 0.1) is 12.8 Å². The predicted molar refractivity (Wildman–Crippen MR) is 170 cm³/mol. The molecule has 0 N–H and O–H groups in total. The first-order chi connectivity index (χ1) is 20.3. The highest BCUT2D eigenvalue weighted by atomic mass is 16.6. The Kier molecular flexibility index (Phi) is 11.6. The zero-order valence-electron chi connectivity index (χ0n) is 26.1. The van der Waals surface area contributed by atoms with Crippen LogP contribution in [0.2, 0.25) is 0 Å². The van der Waals surface area contributed by atoms with Crippen molar-refractivity contribution in [2.24, 2.45) is 5.92 Å². The van der Waals surface area contributed by atoms with Crippen LogP contribution in [0.3, 0.4) is 0 Å². The highest BCUT2D eigenvalue weighted by molar-refractivity contribution is 5.78. The maximum atomic E-state index is 13.3. The molecular formula is C36H51N3O3. The predicted octanol–water partition coefficient (Wildman–Crippen LogP) is 6.97. The third kappa shape index (κ3) is 8.70. The molecule has 42 heavy (non-hydrogen) atoms. The van der Waals surface area contributed by atoms with Crippen LogP contribution in [0.4, 0.5) is 4.79 Å². The van der Waals surface area contributed by atoms with E-state index in [1.165, 1.54) is 30.4 Å². The average molecular weight is 574 g/mol. The molecule has 2 amide bonds. The van der Waals surface area contributed by atoms with Gasteiger partial charge in [0, 0.05) is 50.6 Å². The molecule has 1 heterocycles. The van der Waals surface area contributed by atoms with Crippen molar-refractivity contribution in [2.45, 2.75) is 83.3 Å². The molecule has 6 heteroatoms. The third-order valence-electron chi connectivity index (χ3n) is 9.41. The Labute approximate surface area is 253 Å². The van der Waals surface area contributed by atoms with Gasteiger partial charge in [-0.2, -0.15) is 0 Å². The lowest BCUT2D eigenvalue weighted by molar-refractivity contribution is -0.136. The van der Waals surface area contributed by atoms with Gasteiger partial charge in [0.05, 0.1) is 0 Å². The van der Waals surface area contributed by atoms with Crippen molar-refractivity contribution >= 4 is 12.0 Å². The first kappa shape index (κ1) is 31.8. The Morgan fingerprint density at radius 2 is 1.67 bits per heavy atom. The molecule has 1 aliphatic heterocycles. The maximum Gasteiger partial charge on any atom is 0.410 e. The van der Waals surface area contributed by atoms with Gasteiger partial charge in [-0.15, -0.1) is 6.58 Å². The lowest BCUT2D eigenvalue weighted by Crippen LogP contribution is -2.49. The average Bonchev–Trinajstić information content (AvgIpc) is 3.03. The molecular weight excluding hydrogens is 522 g/mol. The molecule has 6 nitrogen and oxygen atoms in total. The van der Waals surface area contributed by atoms with Gasteiger partial charge in [-0.05, 0) is 56.7 Å². The van der Waals surface area contributed by atoms with Gasteiger partial charge in [-0.3, -0.25) is 4.79 Å². The number of aryl methyl sites for hydroxylation is 1. The first-order valence-electron chi connectivity index (χ1n) is 15.9. The van der Waals surface area contributed by atoms with E-state index < -0.39 is 0 Å². The monoisotopic (exact) mass is 573 g/mol. The van der Waals surface area contributed by atoms with Crippen LogP contribution in [-0.2, 0) is 21.6 Å². The van der Waals surface area contributed by atoms with Gasteiger partial charge in [0.2, 0.25) is 5.91 Å². The molecule has 1 unspecified atom stereocenters. The molecule has 1 saturated carbocycles. The maximum absolute atomic E-state index is 13.3. The molecule has 1 aliphatic carbocycles. The summed E-state index contributed by atoms with van der Waals surface area (Å²) < 4.78 is 5.70. The minimum absolute atomic E-state index is 0.133. The molecule has 0 bridgehead atoms. The molecule has 0 aromatic heterocycles. The highest BCUT2D eigenvalue weighted by Crippen LogP contribution is 2.32. The number of likely N-dealkylation sites (tertiary alicyclic amines) is 1. The molecule has 1 saturated heterocycles. The number of amides is 2. The summed E-state index contributed by atoms with van der Waals surface area (Å²) in [6.07, 6.45) is 9.98. The molecule has 228 valence electrons. The third-order valence-corrected chi connectivity index (χ3v) is 9.41. The summed E-state index contributed by atoms with van der Waals surface area (Å²) in [4.78, 5) is 32.7. The summed E-state index contributed by atoms with van der Waals surface area (Å²) in [5.41, 5.74) is 3.34. The van der Waals surface area contributed by atoms with Gasteiger partial charge in [-0.25, -0.2) is 4.79 Å². The topological polar surface area (TPSA) is 53.1 Å². The second-order valence-corrected chi connectivity index (χ2v) is 12.8. The fourth-order valence-corrected chi connectivity index (χ4v) is 6.70. The normalized spacial score (nSPS) is 18.2. The number of rotatable bonds is 12. The number of piperidine rings is 1. The second-order valence-electron chi connectivity index (χ2n) is 12.8. The number of carbonyl (C=O) groups is 2. The molecule has 2 fully saturated rings. The number of nitrogens with zero attached hydrogens (tertiary/aromatic N) is 3. The van der Waals surface area contributed by atoms with E-state index in [2.05, 4.69) is 48.7 Å². The number of hydrogen-bond acceptors (Lipinski definition) is 4. The molecule has 2 aromatic carbocycles. The number of ether oxygens (including phenoxy) is 1. The summed E-state index contributed by atoms with van der Waals surface area (Å²) in [7, 11) is 2.00. The molecule has 0 spiro atoms. The van der Waals surface area contributed by atoms with Crippen LogP contribution in [0.15, 0.2) is 67.3 Å². The van der Waals surface area contributed by atoms with Gasteiger partial charge in [0.1, 0.15) is 6.61 Å². The van der Waals surface area contributed by atoms with E-state index in [-0.39, 0.29) is 30.1 Å². The van der Waals surface area contributed by atoms with Crippen molar-refractivity contribution in [1.82, 2.24) is 14.7 Å². The number of carbonyl (C=O) groups excluding carboxylic acids is 2. The van der Waals surface area contributed by atoms with Gasteiger partial charge in [0.25, 0.3) is 0 Å². The lowest BCUT2D eigenvalue weighted by Gasteiger charge is -2.40. The van der Waals surface area contributed by atoms with Crippen LogP contribution in [0.1, 0.15) is 75.0 Å². The van der Waals surface area contributed by atoms with E-state index in [1.807, 2.05) is 48.0 Å². The molecule has 1 atom stereocenters. The number of likely N-dealkylation sites (N-methyl/N-ethyl adjacent to an activating group) is 1. The Hall–Kier alpha value is -3.12. The van der Waals surface area contributed by atoms with E-state index in [9.17, 15) is 9.59 Å². The van der Waals surface area contributed by atoms with Crippen LogP contribution < -0.4 is 0 Å². The van der Waals surface area contributed by atoms with Crippen molar-refractivity contribution in [3.05, 3.63) is 83.9 Å². The minimum atomic E-state index is -0.267. The summed E-state index contributed by atoms with van der Waals surface area (Å²) in [5, 5.41) is 0. The van der Waals surface area contributed by atoms with Crippen LogP contribution >= 0.6 is 0 Å². The highest BCUT2D eigenvalue weighted by Gasteiger charge is 2.34. The van der Waals surface area contributed by atoms with Crippen molar-refractivity contribution < 1.29 is 14.3 Å². The van der Waals surface area contributed by atoms with E-state index in [0.29, 0.717) is 12.5 Å². The second kappa shape index (κ2) is 15.4. The standard InChI is InChI=1S/C36H51N3O3/c1-5-23-39(35(41)42-27-30-18-16-29(2)17-19-30)33-20-24-38(25-21-33)26-22-36(3,32-14-10-7-11-15-32)28-37(4)34(40)31-12-8-6-9-13-31/h5,7,10-11,14-19,31,33H,1,6,8-9,12-13,20-28H2,2-4H3. The zero-order valence-corrected chi connectivity index (χ0v) is 26.1. The fourth-order valence-electron chi connectivity index (χ4n) is 6.70.